The summed E-state index contributed by atoms with van der Waals surface area (Å²) in [5, 5.41) is 0. The second-order valence-corrected chi connectivity index (χ2v) is 8.40. The van der Waals surface area contributed by atoms with E-state index >= 15 is 0 Å². The summed E-state index contributed by atoms with van der Waals surface area (Å²) in [6.45, 7) is 6.16. The molecular weight excluding hydrogens is 416 g/mol. The summed E-state index contributed by atoms with van der Waals surface area (Å²) in [5.41, 5.74) is 7.44. The molecule has 0 spiro atoms. The van der Waals surface area contributed by atoms with Crippen molar-refractivity contribution in [2.24, 2.45) is 0 Å². The lowest BCUT2D eigenvalue weighted by atomic mass is 10.0. The van der Waals surface area contributed by atoms with Gasteiger partial charge in [0.15, 0.2) is 5.58 Å². The molecule has 3 aromatic heterocycles. The standard InChI is InChI=1S/C26H24N4O3/c1-3-30-22-8-10-32-25(22)14-23(30)26(31)29-9-11-33-24-7-5-17(12-19(24)15-29)18-4-6-20-21(13-18)28-16(2)27-20/h4-8,10,12-14H,3,9,11,15H2,1-2H3,(H,27,28). The maximum Gasteiger partial charge on any atom is 0.271 e. The molecule has 6 rings (SSSR count). The molecule has 166 valence electrons. The molecule has 4 heterocycles. The maximum atomic E-state index is 13.5. The number of fused-ring (bicyclic) bond motifs is 3. The van der Waals surface area contributed by atoms with E-state index in [0.717, 1.165) is 50.4 Å². The van der Waals surface area contributed by atoms with Crippen molar-refractivity contribution in [3.63, 3.8) is 0 Å². The highest BCUT2D eigenvalue weighted by Crippen LogP contribution is 2.31. The van der Waals surface area contributed by atoms with E-state index in [1.807, 2.05) is 41.5 Å². The molecule has 0 saturated heterocycles. The molecule has 0 bridgehead atoms. The molecule has 0 unspecified atom stereocenters. The second kappa shape index (κ2) is 7.55. The van der Waals surface area contributed by atoms with Crippen LogP contribution in [-0.4, -0.2) is 38.5 Å². The fourth-order valence-electron chi connectivity index (χ4n) is 4.72. The van der Waals surface area contributed by atoms with E-state index < -0.39 is 0 Å². The first-order chi connectivity index (χ1) is 16.1. The Morgan fingerprint density at radius 2 is 1.97 bits per heavy atom. The first-order valence-electron chi connectivity index (χ1n) is 11.2. The number of aryl methyl sites for hydroxylation is 2. The highest BCUT2D eigenvalue weighted by Gasteiger charge is 2.25. The van der Waals surface area contributed by atoms with Gasteiger partial charge in [0.25, 0.3) is 5.91 Å². The smallest absolute Gasteiger partial charge is 0.271 e. The fraction of sp³-hybridized carbons (Fsp3) is 0.231. The van der Waals surface area contributed by atoms with Crippen molar-refractivity contribution in [3.05, 3.63) is 71.9 Å². The van der Waals surface area contributed by atoms with Gasteiger partial charge in [-0.2, -0.15) is 0 Å². The van der Waals surface area contributed by atoms with Crippen LogP contribution >= 0.6 is 0 Å². The van der Waals surface area contributed by atoms with E-state index in [2.05, 4.69) is 40.3 Å². The minimum absolute atomic E-state index is 0.0153. The lowest BCUT2D eigenvalue weighted by Crippen LogP contribution is -2.33. The van der Waals surface area contributed by atoms with Crippen molar-refractivity contribution in [1.29, 1.82) is 0 Å². The average Bonchev–Trinajstić information content (AvgIpc) is 3.46. The largest absolute Gasteiger partial charge is 0.491 e. The molecule has 1 aliphatic heterocycles. The number of benzene rings is 2. The number of hydrogen-bond acceptors (Lipinski definition) is 4. The number of ether oxygens (including phenoxy) is 1. The Balaban J connectivity index is 1.34. The van der Waals surface area contributed by atoms with Gasteiger partial charge in [-0.05, 0) is 49.2 Å². The molecule has 0 atom stereocenters. The number of carbonyl (C=O) groups is 1. The van der Waals surface area contributed by atoms with Crippen LogP contribution in [0.15, 0.2) is 59.2 Å². The average molecular weight is 441 g/mol. The van der Waals surface area contributed by atoms with Crippen LogP contribution in [0.3, 0.4) is 0 Å². The highest BCUT2D eigenvalue weighted by atomic mass is 16.5. The first kappa shape index (κ1) is 19.7. The minimum atomic E-state index is -0.0153. The third kappa shape index (κ3) is 3.28. The Morgan fingerprint density at radius 1 is 1.12 bits per heavy atom. The Morgan fingerprint density at radius 3 is 2.85 bits per heavy atom. The van der Waals surface area contributed by atoms with Gasteiger partial charge in [0.2, 0.25) is 0 Å². The van der Waals surface area contributed by atoms with Crippen LogP contribution in [0.5, 0.6) is 5.75 Å². The summed E-state index contributed by atoms with van der Waals surface area (Å²) in [6, 6.07) is 16.2. The van der Waals surface area contributed by atoms with Crippen LogP contribution in [0.25, 0.3) is 33.3 Å². The Hall–Kier alpha value is -4.00. The Kier molecular flexibility index (Phi) is 4.50. The van der Waals surface area contributed by atoms with Gasteiger partial charge < -0.3 is 23.6 Å². The minimum Gasteiger partial charge on any atom is -0.491 e. The number of carbonyl (C=O) groups excluding carboxylic acids is 1. The van der Waals surface area contributed by atoms with E-state index in [1.54, 1.807) is 6.26 Å². The van der Waals surface area contributed by atoms with Gasteiger partial charge in [0.1, 0.15) is 23.9 Å². The molecule has 1 aliphatic rings. The second-order valence-electron chi connectivity index (χ2n) is 8.40. The zero-order valence-electron chi connectivity index (χ0n) is 18.6. The van der Waals surface area contributed by atoms with Crippen LogP contribution in [0.2, 0.25) is 0 Å². The third-order valence-corrected chi connectivity index (χ3v) is 6.32. The van der Waals surface area contributed by atoms with E-state index in [4.69, 9.17) is 9.15 Å². The fourth-order valence-corrected chi connectivity index (χ4v) is 4.72. The molecule has 0 saturated carbocycles. The summed E-state index contributed by atoms with van der Waals surface area (Å²) in [7, 11) is 0. The highest BCUT2D eigenvalue weighted by molar-refractivity contribution is 5.97. The van der Waals surface area contributed by atoms with Crippen molar-refractivity contribution in [2.75, 3.05) is 13.2 Å². The van der Waals surface area contributed by atoms with Gasteiger partial charge in [-0.1, -0.05) is 12.1 Å². The number of nitrogens with one attached hydrogen (secondary N) is 1. The van der Waals surface area contributed by atoms with Crippen LogP contribution < -0.4 is 4.74 Å². The lowest BCUT2D eigenvalue weighted by Gasteiger charge is -2.21. The Labute approximate surface area is 190 Å². The van der Waals surface area contributed by atoms with E-state index in [9.17, 15) is 4.79 Å². The zero-order chi connectivity index (χ0) is 22.5. The number of amides is 1. The maximum absolute atomic E-state index is 13.5. The van der Waals surface area contributed by atoms with Crippen molar-refractivity contribution < 1.29 is 13.9 Å². The normalized spacial score (nSPS) is 13.8. The summed E-state index contributed by atoms with van der Waals surface area (Å²) < 4.78 is 13.5. The van der Waals surface area contributed by atoms with E-state index in [1.165, 1.54) is 0 Å². The molecule has 33 heavy (non-hydrogen) atoms. The SMILES string of the molecule is CCn1c(C(=O)N2CCOc3ccc(-c4ccc5[nH]c(C)nc5c4)cc3C2)cc2occc21. The molecule has 7 nitrogen and oxygen atoms in total. The Bertz CT molecular complexity index is 1510. The summed E-state index contributed by atoms with van der Waals surface area (Å²) >= 11 is 0. The predicted molar refractivity (Wildman–Crippen MR) is 126 cm³/mol. The van der Waals surface area contributed by atoms with Crippen molar-refractivity contribution >= 4 is 28.0 Å². The van der Waals surface area contributed by atoms with Crippen LogP contribution in [0, 0.1) is 6.92 Å². The molecule has 0 aliphatic carbocycles. The van der Waals surface area contributed by atoms with Crippen LogP contribution in [0.1, 0.15) is 28.8 Å². The number of H-pyrrole nitrogens is 1. The molecule has 5 aromatic rings. The van der Waals surface area contributed by atoms with Crippen LogP contribution in [0.4, 0.5) is 0 Å². The van der Waals surface area contributed by atoms with E-state index in [0.29, 0.717) is 31.9 Å². The number of imidazole rings is 1. The number of aromatic amines is 1. The van der Waals surface area contributed by atoms with Gasteiger partial charge in [-0.25, -0.2) is 4.98 Å². The van der Waals surface area contributed by atoms with Crippen molar-refractivity contribution in [3.8, 4) is 16.9 Å². The number of aromatic nitrogens is 3. The topological polar surface area (TPSA) is 76.3 Å². The van der Waals surface area contributed by atoms with Gasteiger partial charge in [0, 0.05) is 30.8 Å². The lowest BCUT2D eigenvalue weighted by molar-refractivity contribution is 0.0723. The summed E-state index contributed by atoms with van der Waals surface area (Å²) in [4.78, 5) is 23.2. The van der Waals surface area contributed by atoms with Gasteiger partial charge in [-0.15, -0.1) is 0 Å². The number of rotatable bonds is 3. The molecule has 1 amide bonds. The quantitative estimate of drug-likeness (QED) is 0.421. The molecule has 7 heteroatoms. The molecule has 1 N–H and O–H groups in total. The molecule has 2 aromatic carbocycles. The molecule has 0 radical (unpaired) electrons. The molecular formula is C26H24N4O3. The number of furan rings is 1. The van der Waals surface area contributed by atoms with E-state index in [-0.39, 0.29) is 5.91 Å². The zero-order valence-corrected chi connectivity index (χ0v) is 18.6. The summed E-state index contributed by atoms with van der Waals surface area (Å²) in [6.07, 6.45) is 1.66. The van der Waals surface area contributed by atoms with Crippen molar-refractivity contribution in [2.45, 2.75) is 26.9 Å². The number of nitrogens with zero attached hydrogens (tertiary/aromatic N) is 3. The van der Waals surface area contributed by atoms with Gasteiger partial charge in [-0.3, -0.25) is 4.79 Å². The monoisotopic (exact) mass is 440 g/mol. The number of hydrogen-bond donors (Lipinski definition) is 1. The van der Waals surface area contributed by atoms with Gasteiger partial charge in [0.05, 0.1) is 29.4 Å². The van der Waals surface area contributed by atoms with Crippen LogP contribution in [-0.2, 0) is 13.1 Å². The predicted octanol–water partition coefficient (Wildman–Crippen LogP) is 5.14. The molecule has 0 fully saturated rings. The first-order valence-corrected chi connectivity index (χ1v) is 11.2. The third-order valence-electron chi connectivity index (χ3n) is 6.32. The summed E-state index contributed by atoms with van der Waals surface area (Å²) in [5.74, 6) is 1.71. The van der Waals surface area contributed by atoms with Crippen molar-refractivity contribution in [1.82, 2.24) is 19.4 Å². The van der Waals surface area contributed by atoms with Gasteiger partial charge >= 0.3 is 0 Å².